The normalized spacial score (nSPS) is 14.4. The number of carbonyl (C=O) groups excluding carboxylic acids is 1. The fraction of sp³-hybridized carbons (Fsp3) is 0.190. The molecule has 0 bridgehead atoms. The number of furan rings is 1. The largest absolute Gasteiger partial charge is 0.488 e. The Hall–Kier alpha value is -3.01. The fourth-order valence-electron chi connectivity index (χ4n) is 3.04. The molecule has 0 fully saturated rings. The maximum absolute atomic E-state index is 12.9. The monoisotopic (exact) mass is 333 g/mol. The Kier molecular flexibility index (Phi) is 3.80. The summed E-state index contributed by atoms with van der Waals surface area (Å²) in [5.74, 6) is 1.53. The van der Waals surface area contributed by atoms with E-state index in [1.54, 1.807) is 11.9 Å². The van der Waals surface area contributed by atoms with Crippen LogP contribution in [0.4, 0.5) is 0 Å². The highest BCUT2D eigenvalue weighted by Gasteiger charge is 2.25. The number of para-hydroxylation sites is 2. The lowest BCUT2D eigenvalue weighted by molar-refractivity contribution is -0.128. The molecule has 2 heterocycles. The van der Waals surface area contributed by atoms with E-state index < -0.39 is 0 Å². The number of likely N-dealkylation sites (N-methyl/N-ethyl adjacent to an activating group) is 1. The van der Waals surface area contributed by atoms with E-state index in [9.17, 15) is 4.79 Å². The number of carbonyl (C=O) groups is 1. The Morgan fingerprint density at radius 1 is 1.12 bits per heavy atom. The van der Waals surface area contributed by atoms with Crippen LogP contribution in [0.2, 0.25) is 0 Å². The molecule has 25 heavy (non-hydrogen) atoms. The summed E-state index contributed by atoms with van der Waals surface area (Å²) in [4.78, 5) is 14.6. The van der Waals surface area contributed by atoms with E-state index in [2.05, 4.69) is 0 Å². The quantitative estimate of drug-likeness (QED) is 0.712. The third-order valence-electron chi connectivity index (χ3n) is 4.66. The van der Waals surface area contributed by atoms with Crippen molar-refractivity contribution in [3.8, 4) is 5.75 Å². The van der Waals surface area contributed by atoms with Crippen LogP contribution in [0.1, 0.15) is 24.3 Å². The Morgan fingerprint density at radius 3 is 2.72 bits per heavy atom. The van der Waals surface area contributed by atoms with Crippen LogP contribution in [0.25, 0.3) is 17.0 Å². The number of nitrogens with zero attached hydrogens (tertiary/aromatic N) is 1. The molecule has 4 rings (SSSR count). The zero-order valence-corrected chi connectivity index (χ0v) is 14.2. The second-order valence-electron chi connectivity index (χ2n) is 6.27. The summed E-state index contributed by atoms with van der Waals surface area (Å²) in [6, 6.07) is 17.4. The molecule has 0 radical (unpaired) electrons. The van der Waals surface area contributed by atoms with Gasteiger partial charge < -0.3 is 14.1 Å². The highest BCUT2D eigenvalue weighted by atomic mass is 16.5. The van der Waals surface area contributed by atoms with Gasteiger partial charge in [0, 0.05) is 18.0 Å². The van der Waals surface area contributed by atoms with Crippen molar-refractivity contribution in [2.45, 2.75) is 13.0 Å². The van der Waals surface area contributed by atoms with E-state index in [4.69, 9.17) is 9.15 Å². The molecule has 1 atom stereocenters. The first-order valence-corrected chi connectivity index (χ1v) is 8.31. The lowest BCUT2D eigenvalue weighted by Gasteiger charge is -2.26. The molecule has 1 aliphatic rings. The van der Waals surface area contributed by atoms with Gasteiger partial charge in [0.05, 0.1) is 11.6 Å². The van der Waals surface area contributed by atoms with Gasteiger partial charge in [0.2, 0.25) is 0 Å². The third-order valence-corrected chi connectivity index (χ3v) is 4.66. The van der Waals surface area contributed by atoms with Crippen LogP contribution in [-0.2, 0) is 4.79 Å². The second-order valence-corrected chi connectivity index (χ2v) is 6.27. The predicted octanol–water partition coefficient (Wildman–Crippen LogP) is 4.43. The fourth-order valence-corrected chi connectivity index (χ4v) is 3.04. The minimum Gasteiger partial charge on any atom is -0.488 e. The van der Waals surface area contributed by atoms with E-state index in [-0.39, 0.29) is 18.6 Å². The first-order chi connectivity index (χ1) is 12.1. The summed E-state index contributed by atoms with van der Waals surface area (Å²) in [5.41, 5.74) is 2.41. The minimum atomic E-state index is -0.169. The van der Waals surface area contributed by atoms with Crippen molar-refractivity contribution >= 4 is 23.0 Å². The Bertz CT molecular complexity index is 937. The first kappa shape index (κ1) is 15.5. The van der Waals surface area contributed by atoms with E-state index in [1.165, 1.54) is 0 Å². The summed E-state index contributed by atoms with van der Waals surface area (Å²) >= 11 is 0. The molecule has 0 saturated carbocycles. The molecule has 3 aromatic rings. The van der Waals surface area contributed by atoms with Crippen LogP contribution in [0.3, 0.4) is 0 Å². The van der Waals surface area contributed by atoms with E-state index in [1.807, 2.05) is 67.6 Å². The van der Waals surface area contributed by atoms with E-state index >= 15 is 0 Å². The molecule has 2 aromatic carbocycles. The topological polar surface area (TPSA) is 42.7 Å². The Balaban J connectivity index is 1.59. The predicted molar refractivity (Wildman–Crippen MR) is 97.3 cm³/mol. The maximum atomic E-state index is 12.9. The van der Waals surface area contributed by atoms with Crippen LogP contribution in [0.5, 0.6) is 5.75 Å². The van der Waals surface area contributed by atoms with Crippen molar-refractivity contribution in [2.24, 2.45) is 0 Å². The smallest absolute Gasteiger partial charge is 0.253 e. The molecule has 126 valence electrons. The van der Waals surface area contributed by atoms with Gasteiger partial charge in [-0.25, -0.2) is 0 Å². The molecule has 1 unspecified atom stereocenters. The van der Waals surface area contributed by atoms with E-state index in [0.717, 1.165) is 28.0 Å². The Labute approximate surface area is 146 Å². The van der Waals surface area contributed by atoms with Gasteiger partial charge in [0.25, 0.3) is 5.91 Å². The molecule has 4 heteroatoms. The van der Waals surface area contributed by atoms with Crippen LogP contribution >= 0.6 is 0 Å². The standard InChI is InChI=1S/C21H19NO3/c1-14(20-12-16-8-4-6-10-19(16)25-20)22(2)21(23)17-11-15-7-3-5-9-18(15)24-13-17/h3-12,14H,13H2,1-2H3. The highest BCUT2D eigenvalue weighted by molar-refractivity contribution is 5.99. The lowest BCUT2D eigenvalue weighted by Crippen LogP contribution is -2.33. The molecule has 1 aliphatic heterocycles. The Morgan fingerprint density at radius 2 is 1.88 bits per heavy atom. The molecule has 0 saturated heterocycles. The number of amides is 1. The van der Waals surface area contributed by atoms with Gasteiger partial charge in [0.15, 0.2) is 0 Å². The van der Waals surface area contributed by atoms with E-state index in [0.29, 0.717) is 5.57 Å². The molecular formula is C21H19NO3. The van der Waals surface area contributed by atoms with Crippen molar-refractivity contribution in [3.63, 3.8) is 0 Å². The van der Waals surface area contributed by atoms with Gasteiger partial charge >= 0.3 is 0 Å². The molecule has 0 spiro atoms. The van der Waals surface area contributed by atoms with Crippen molar-refractivity contribution in [2.75, 3.05) is 13.7 Å². The molecule has 0 N–H and O–H groups in total. The summed E-state index contributed by atoms with van der Waals surface area (Å²) < 4.78 is 11.6. The van der Waals surface area contributed by atoms with Crippen molar-refractivity contribution < 1.29 is 13.9 Å². The van der Waals surface area contributed by atoms with Gasteiger partial charge in [-0.3, -0.25) is 4.79 Å². The molecule has 0 aliphatic carbocycles. The molecule has 1 amide bonds. The van der Waals surface area contributed by atoms with Crippen LogP contribution < -0.4 is 4.74 Å². The van der Waals surface area contributed by atoms with Crippen LogP contribution in [0.15, 0.2) is 64.6 Å². The summed E-state index contributed by atoms with van der Waals surface area (Å²) in [6.45, 7) is 2.25. The SMILES string of the molecule is CC(c1cc2ccccc2o1)N(C)C(=O)C1=Cc2ccccc2OC1. The first-order valence-electron chi connectivity index (χ1n) is 8.31. The van der Waals surface area contributed by atoms with Crippen LogP contribution in [-0.4, -0.2) is 24.5 Å². The highest BCUT2D eigenvalue weighted by Crippen LogP contribution is 2.30. The number of rotatable bonds is 3. The van der Waals surface area contributed by atoms with Gasteiger partial charge in [-0.2, -0.15) is 0 Å². The number of hydrogen-bond acceptors (Lipinski definition) is 3. The van der Waals surface area contributed by atoms with Crippen molar-refractivity contribution in [1.29, 1.82) is 0 Å². The van der Waals surface area contributed by atoms with Gasteiger partial charge in [-0.15, -0.1) is 0 Å². The number of hydrogen-bond donors (Lipinski definition) is 0. The average molecular weight is 333 g/mol. The second kappa shape index (κ2) is 6.13. The number of ether oxygens (including phenoxy) is 1. The minimum absolute atomic E-state index is 0.0533. The van der Waals surface area contributed by atoms with Gasteiger partial charge in [0.1, 0.15) is 23.7 Å². The average Bonchev–Trinajstić information content (AvgIpc) is 3.10. The lowest BCUT2D eigenvalue weighted by atomic mass is 10.1. The van der Waals surface area contributed by atoms with Crippen molar-refractivity contribution in [1.82, 2.24) is 4.90 Å². The van der Waals surface area contributed by atoms with Crippen molar-refractivity contribution in [3.05, 3.63) is 71.5 Å². The van der Waals surface area contributed by atoms with Gasteiger partial charge in [-0.05, 0) is 31.2 Å². The maximum Gasteiger partial charge on any atom is 0.253 e. The molecule has 4 nitrogen and oxygen atoms in total. The number of fused-ring (bicyclic) bond motifs is 2. The zero-order valence-electron chi connectivity index (χ0n) is 14.2. The summed E-state index contributed by atoms with van der Waals surface area (Å²) in [7, 11) is 1.79. The van der Waals surface area contributed by atoms with Gasteiger partial charge in [-0.1, -0.05) is 36.4 Å². The zero-order chi connectivity index (χ0) is 17.4. The molecule has 1 aromatic heterocycles. The number of benzene rings is 2. The third kappa shape index (κ3) is 2.80. The molecular weight excluding hydrogens is 314 g/mol. The summed E-state index contributed by atoms with van der Waals surface area (Å²) in [6.07, 6.45) is 1.91. The summed E-state index contributed by atoms with van der Waals surface area (Å²) in [5, 5.41) is 1.04. The van der Waals surface area contributed by atoms with Crippen LogP contribution in [0, 0.1) is 0 Å².